The number of phosphoric ester groups is 1. The lowest BCUT2D eigenvalue weighted by Gasteiger charge is -2.04. The van der Waals surface area contributed by atoms with Gasteiger partial charge in [0, 0.05) is 23.5 Å². The number of aromatic amines is 1. The van der Waals surface area contributed by atoms with E-state index in [4.69, 9.17) is 9.79 Å². The van der Waals surface area contributed by atoms with Crippen molar-refractivity contribution in [2.24, 2.45) is 0 Å². The van der Waals surface area contributed by atoms with Gasteiger partial charge in [0.05, 0.1) is 0 Å². The zero-order chi connectivity index (χ0) is 13.9. The van der Waals surface area contributed by atoms with Crippen molar-refractivity contribution >= 4 is 24.7 Å². The molecule has 0 unspecified atom stereocenters. The molecular formula is C12H20N3O5P. The minimum absolute atomic E-state index is 0. The summed E-state index contributed by atoms with van der Waals surface area (Å²) in [6, 6.07) is 7.80. The standard InChI is InChI=1S/C12H14NO5P.2H3N/c14-12(18-19(15,16)17)7-3-4-9-8-13-11-6-2-1-5-10(9)11;;/h1-2,5-6,8,13H,3-4,7H2,(H2,15,16,17);2*1H3. The topological polar surface area (TPSA) is 170 Å². The molecule has 0 saturated heterocycles. The fourth-order valence-electron chi connectivity index (χ4n) is 1.94. The lowest BCUT2D eigenvalue weighted by atomic mass is 10.1. The molecule has 9 heteroatoms. The average molecular weight is 317 g/mol. The van der Waals surface area contributed by atoms with Crippen molar-refractivity contribution in [2.75, 3.05) is 0 Å². The van der Waals surface area contributed by atoms with Gasteiger partial charge in [-0.05, 0) is 24.5 Å². The highest BCUT2D eigenvalue weighted by Crippen LogP contribution is 2.36. The third kappa shape index (κ3) is 5.66. The van der Waals surface area contributed by atoms with Gasteiger partial charge in [0.15, 0.2) is 0 Å². The first kappa shape index (κ1) is 19.3. The molecule has 0 fully saturated rings. The zero-order valence-corrected chi connectivity index (χ0v) is 12.4. The Hall–Kier alpha value is -1.70. The van der Waals surface area contributed by atoms with E-state index in [1.807, 2.05) is 30.5 Å². The molecule has 0 aliphatic rings. The molecule has 0 spiro atoms. The minimum Gasteiger partial charge on any atom is -0.371 e. The molecule has 2 aromatic rings. The van der Waals surface area contributed by atoms with Crippen LogP contribution in [0.25, 0.3) is 10.9 Å². The maximum absolute atomic E-state index is 11.1. The first-order valence-corrected chi connectivity index (χ1v) is 7.32. The van der Waals surface area contributed by atoms with E-state index in [9.17, 15) is 9.36 Å². The molecule has 0 radical (unpaired) electrons. The normalized spacial score (nSPS) is 10.6. The van der Waals surface area contributed by atoms with E-state index in [1.54, 1.807) is 0 Å². The summed E-state index contributed by atoms with van der Waals surface area (Å²) >= 11 is 0. The number of carbonyl (C=O) groups excluding carboxylic acids is 1. The highest BCUT2D eigenvalue weighted by Gasteiger charge is 2.19. The van der Waals surface area contributed by atoms with Crippen LogP contribution in [0.15, 0.2) is 30.5 Å². The van der Waals surface area contributed by atoms with Crippen LogP contribution in [-0.2, 0) is 20.3 Å². The summed E-state index contributed by atoms with van der Waals surface area (Å²) < 4.78 is 14.4. The van der Waals surface area contributed by atoms with Crippen molar-refractivity contribution in [3.05, 3.63) is 36.0 Å². The van der Waals surface area contributed by atoms with Crippen molar-refractivity contribution < 1.29 is 23.7 Å². The van der Waals surface area contributed by atoms with Crippen molar-refractivity contribution in [3.8, 4) is 0 Å². The molecule has 0 amide bonds. The van der Waals surface area contributed by atoms with E-state index in [1.165, 1.54) is 0 Å². The van der Waals surface area contributed by atoms with E-state index in [0.717, 1.165) is 16.5 Å². The number of aromatic nitrogens is 1. The molecule has 21 heavy (non-hydrogen) atoms. The second-order valence-electron chi connectivity index (χ2n) is 4.17. The van der Waals surface area contributed by atoms with Crippen LogP contribution in [0.1, 0.15) is 18.4 Å². The van der Waals surface area contributed by atoms with Crippen LogP contribution >= 0.6 is 7.82 Å². The number of phosphoric acid groups is 1. The molecule has 9 N–H and O–H groups in total. The predicted molar refractivity (Wildman–Crippen MR) is 79.4 cm³/mol. The molecule has 0 atom stereocenters. The van der Waals surface area contributed by atoms with Gasteiger partial charge in [0.1, 0.15) is 0 Å². The Morgan fingerprint density at radius 3 is 2.57 bits per heavy atom. The molecule has 8 nitrogen and oxygen atoms in total. The highest BCUT2D eigenvalue weighted by molar-refractivity contribution is 7.46. The fourth-order valence-corrected chi connectivity index (χ4v) is 2.30. The fraction of sp³-hybridized carbons (Fsp3) is 0.250. The van der Waals surface area contributed by atoms with Gasteiger partial charge in [-0.25, -0.2) is 4.57 Å². The largest absolute Gasteiger partial charge is 0.526 e. The Morgan fingerprint density at radius 2 is 1.90 bits per heavy atom. The van der Waals surface area contributed by atoms with Crippen LogP contribution in [0, 0.1) is 0 Å². The summed E-state index contributed by atoms with van der Waals surface area (Å²) in [5.41, 5.74) is 2.09. The van der Waals surface area contributed by atoms with E-state index >= 15 is 0 Å². The molecule has 1 aromatic carbocycles. The number of aryl methyl sites for hydroxylation is 1. The minimum atomic E-state index is -4.72. The van der Waals surface area contributed by atoms with Gasteiger partial charge < -0.3 is 21.8 Å². The van der Waals surface area contributed by atoms with Gasteiger partial charge in [0.2, 0.25) is 0 Å². The van der Waals surface area contributed by atoms with Crippen LogP contribution in [0.4, 0.5) is 0 Å². The quantitative estimate of drug-likeness (QED) is 0.527. The predicted octanol–water partition coefficient (Wildman–Crippen LogP) is 2.45. The number of nitrogens with one attached hydrogen (secondary N) is 1. The number of benzene rings is 1. The van der Waals surface area contributed by atoms with Crippen molar-refractivity contribution in [3.63, 3.8) is 0 Å². The lowest BCUT2D eigenvalue weighted by Crippen LogP contribution is -2.02. The molecule has 1 aromatic heterocycles. The van der Waals surface area contributed by atoms with E-state index < -0.39 is 13.8 Å². The van der Waals surface area contributed by atoms with Gasteiger partial charge in [-0.3, -0.25) is 14.6 Å². The van der Waals surface area contributed by atoms with Crippen molar-refractivity contribution in [1.82, 2.24) is 17.3 Å². The Balaban J connectivity index is 0.00000200. The summed E-state index contributed by atoms with van der Waals surface area (Å²) in [4.78, 5) is 31.2. The summed E-state index contributed by atoms with van der Waals surface area (Å²) in [5.74, 6) is -0.881. The second kappa shape index (κ2) is 7.92. The average Bonchev–Trinajstić information content (AvgIpc) is 2.70. The number of fused-ring (bicyclic) bond motifs is 1. The van der Waals surface area contributed by atoms with E-state index in [-0.39, 0.29) is 18.7 Å². The Labute approximate surface area is 121 Å². The van der Waals surface area contributed by atoms with Crippen LogP contribution < -0.4 is 12.3 Å². The van der Waals surface area contributed by atoms with Crippen LogP contribution in [0.5, 0.6) is 0 Å². The van der Waals surface area contributed by atoms with E-state index in [0.29, 0.717) is 12.8 Å². The molecule has 0 saturated carbocycles. The number of para-hydroxylation sites is 1. The van der Waals surface area contributed by atoms with Gasteiger partial charge in [-0.15, -0.1) is 0 Å². The van der Waals surface area contributed by atoms with Crippen LogP contribution in [-0.4, -0.2) is 20.7 Å². The maximum atomic E-state index is 11.1. The number of rotatable bonds is 5. The Morgan fingerprint density at radius 1 is 1.24 bits per heavy atom. The van der Waals surface area contributed by atoms with Crippen LogP contribution in [0.2, 0.25) is 0 Å². The van der Waals surface area contributed by atoms with Crippen molar-refractivity contribution in [1.29, 1.82) is 0 Å². The van der Waals surface area contributed by atoms with Crippen LogP contribution in [0.3, 0.4) is 0 Å². The molecule has 0 bridgehead atoms. The zero-order valence-electron chi connectivity index (χ0n) is 11.5. The molecular weight excluding hydrogens is 297 g/mol. The third-order valence-electron chi connectivity index (χ3n) is 2.72. The van der Waals surface area contributed by atoms with Crippen molar-refractivity contribution in [2.45, 2.75) is 19.3 Å². The lowest BCUT2D eigenvalue weighted by molar-refractivity contribution is -0.135. The van der Waals surface area contributed by atoms with Gasteiger partial charge in [-0.2, -0.15) is 0 Å². The monoisotopic (exact) mass is 317 g/mol. The summed E-state index contributed by atoms with van der Waals surface area (Å²) in [5, 5.41) is 1.09. The molecule has 0 aliphatic heterocycles. The number of carbonyl (C=O) groups is 1. The summed E-state index contributed by atoms with van der Waals surface area (Å²) in [6.45, 7) is 0. The summed E-state index contributed by atoms with van der Waals surface area (Å²) in [7, 11) is -4.72. The SMILES string of the molecule is N.N.O=C(CCCc1c[nH]c2ccccc12)OP(=O)(O)O. The molecule has 0 aliphatic carbocycles. The molecule has 2 rings (SSSR count). The Bertz CT molecular complexity index is 637. The number of H-pyrrole nitrogens is 1. The molecule has 118 valence electrons. The highest BCUT2D eigenvalue weighted by atomic mass is 31.2. The smallest absolute Gasteiger partial charge is 0.371 e. The van der Waals surface area contributed by atoms with Gasteiger partial charge in [0.25, 0.3) is 0 Å². The van der Waals surface area contributed by atoms with Gasteiger partial charge in [-0.1, -0.05) is 18.2 Å². The van der Waals surface area contributed by atoms with E-state index in [2.05, 4.69) is 9.51 Å². The number of hydrogen-bond donors (Lipinski definition) is 5. The van der Waals surface area contributed by atoms with Gasteiger partial charge >= 0.3 is 13.8 Å². The maximum Gasteiger partial charge on any atom is 0.526 e. The second-order valence-corrected chi connectivity index (χ2v) is 5.33. The first-order valence-electron chi connectivity index (χ1n) is 5.79. The summed E-state index contributed by atoms with van der Waals surface area (Å²) in [6.07, 6.45) is 2.96. The Kier molecular flexibility index (Phi) is 7.28. The number of hydrogen-bond acceptors (Lipinski definition) is 5. The molecule has 1 heterocycles. The third-order valence-corrected chi connectivity index (χ3v) is 3.16. The first-order chi connectivity index (χ1) is 8.96.